The highest BCUT2D eigenvalue weighted by Gasteiger charge is 2.19. The number of nitrogens with zero attached hydrogens (tertiary/aromatic N) is 4. The second kappa shape index (κ2) is 7.86. The van der Waals surface area contributed by atoms with Gasteiger partial charge in [-0.3, -0.25) is 14.3 Å². The predicted octanol–water partition coefficient (Wildman–Crippen LogP) is 4.44. The van der Waals surface area contributed by atoms with E-state index in [1.807, 2.05) is 41.2 Å². The van der Waals surface area contributed by atoms with Crippen LogP contribution in [0.5, 0.6) is 5.88 Å². The molecule has 6 nitrogen and oxygen atoms in total. The first kappa shape index (κ1) is 18.7. The third-order valence-electron chi connectivity index (χ3n) is 6.14. The molecule has 0 unspecified atom stereocenters. The normalized spacial score (nSPS) is 15.0. The molecule has 152 valence electrons. The molecule has 0 atom stereocenters. The molecule has 3 aromatic heterocycles. The summed E-state index contributed by atoms with van der Waals surface area (Å²) in [5.41, 5.74) is 2.91. The highest BCUT2D eigenvalue weighted by molar-refractivity contribution is 6.06. The summed E-state index contributed by atoms with van der Waals surface area (Å²) in [6, 6.07) is 8.06. The van der Waals surface area contributed by atoms with Crippen LogP contribution >= 0.6 is 0 Å². The van der Waals surface area contributed by atoms with Crippen molar-refractivity contribution in [2.75, 3.05) is 7.11 Å². The highest BCUT2D eigenvalue weighted by atomic mass is 16.5. The van der Waals surface area contributed by atoms with E-state index in [0.29, 0.717) is 17.7 Å². The Morgan fingerprint density at radius 3 is 2.67 bits per heavy atom. The van der Waals surface area contributed by atoms with Crippen LogP contribution in [0.15, 0.2) is 54.0 Å². The molecule has 0 spiro atoms. The summed E-state index contributed by atoms with van der Waals surface area (Å²) in [5.74, 6) is 0.586. The summed E-state index contributed by atoms with van der Waals surface area (Å²) in [7, 11) is 1.61. The average molecular weight is 400 g/mol. The van der Waals surface area contributed by atoms with Crippen molar-refractivity contribution in [1.29, 1.82) is 0 Å². The second-order valence-corrected chi connectivity index (χ2v) is 7.99. The van der Waals surface area contributed by atoms with Crippen molar-refractivity contribution in [2.24, 2.45) is 0 Å². The largest absolute Gasteiger partial charge is 0.481 e. The first-order chi connectivity index (χ1) is 14.7. The number of aromatic nitrogens is 4. The van der Waals surface area contributed by atoms with E-state index < -0.39 is 0 Å². The molecule has 1 aliphatic carbocycles. The lowest BCUT2D eigenvalue weighted by atomic mass is 9.95. The molecule has 1 saturated carbocycles. The van der Waals surface area contributed by atoms with Crippen LogP contribution < -0.4 is 10.3 Å². The molecule has 1 aliphatic rings. The quantitative estimate of drug-likeness (QED) is 0.474. The van der Waals surface area contributed by atoms with Gasteiger partial charge in [0.2, 0.25) is 5.88 Å². The van der Waals surface area contributed by atoms with Crippen LogP contribution in [0.2, 0.25) is 0 Å². The number of hydrogen-bond donors (Lipinski definition) is 0. The summed E-state index contributed by atoms with van der Waals surface area (Å²) >= 11 is 0. The number of ether oxygens (including phenoxy) is 1. The van der Waals surface area contributed by atoms with Crippen molar-refractivity contribution in [1.82, 2.24) is 19.5 Å². The maximum atomic E-state index is 13.4. The molecule has 0 amide bonds. The summed E-state index contributed by atoms with van der Waals surface area (Å²) < 4.78 is 7.01. The molecule has 0 radical (unpaired) electrons. The molecule has 0 aliphatic heterocycles. The van der Waals surface area contributed by atoms with Crippen LogP contribution in [0, 0.1) is 0 Å². The van der Waals surface area contributed by atoms with Crippen LogP contribution in [0.4, 0.5) is 0 Å². The van der Waals surface area contributed by atoms with Gasteiger partial charge >= 0.3 is 0 Å². The molecular formula is C24H24N4O2. The lowest BCUT2D eigenvalue weighted by Crippen LogP contribution is -2.26. The fraction of sp³-hybridized carbons (Fsp3) is 0.333. The number of rotatable bonds is 4. The monoisotopic (exact) mass is 400 g/mol. The van der Waals surface area contributed by atoms with E-state index in [1.54, 1.807) is 19.6 Å². The minimum absolute atomic E-state index is 0.0553. The van der Waals surface area contributed by atoms with Gasteiger partial charge in [-0.25, -0.2) is 9.97 Å². The molecule has 30 heavy (non-hydrogen) atoms. The zero-order valence-electron chi connectivity index (χ0n) is 17.0. The number of fused-ring (bicyclic) bond motifs is 3. The number of hydrogen-bond acceptors (Lipinski definition) is 5. The number of pyridine rings is 2. The van der Waals surface area contributed by atoms with E-state index in [2.05, 4.69) is 9.97 Å². The van der Waals surface area contributed by atoms with Crippen molar-refractivity contribution in [3.63, 3.8) is 0 Å². The fourth-order valence-corrected chi connectivity index (χ4v) is 4.56. The number of benzene rings is 1. The Morgan fingerprint density at radius 1 is 1.03 bits per heavy atom. The van der Waals surface area contributed by atoms with Gasteiger partial charge in [0.25, 0.3) is 5.56 Å². The maximum absolute atomic E-state index is 13.4. The Hall–Kier alpha value is -3.28. The molecule has 1 fully saturated rings. The minimum Gasteiger partial charge on any atom is -0.481 e. The molecule has 0 N–H and O–H groups in total. The van der Waals surface area contributed by atoms with Gasteiger partial charge in [0, 0.05) is 41.5 Å². The van der Waals surface area contributed by atoms with Crippen LogP contribution in [0.25, 0.3) is 21.7 Å². The lowest BCUT2D eigenvalue weighted by molar-refractivity contribution is 0.345. The van der Waals surface area contributed by atoms with Gasteiger partial charge in [0.1, 0.15) is 0 Å². The first-order valence-corrected chi connectivity index (χ1v) is 10.5. The Labute approximate surface area is 174 Å². The van der Waals surface area contributed by atoms with E-state index in [0.717, 1.165) is 40.3 Å². The third-order valence-corrected chi connectivity index (χ3v) is 6.14. The maximum Gasteiger partial charge on any atom is 0.261 e. The van der Waals surface area contributed by atoms with Crippen molar-refractivity contribution >= 4 is 21.7 Å². The third kappa shape index (κ3) is 3.32. The standard InChI is InChI=1S/C24H24N4O2/c1-30-22-8-7-16(13-26-22)11-17-12-20-23(19-9-10-25-14-21(17)19)27-15-28(24(20)29)18-5-3-2-4-6-18/h7-10,12-15,18H,2-6,11H2,1H3. The van der Waals surface area contributed by atoms with Crippen molar-refractivity contribution < 1.29 is 4.74 Å². The molecular weight excluding hydrogens is 376 g/mol. The van der Waals surface area contributed by atoms with Crippen LogP contribution in [0.3, 0.4) is 0 Å². The second-order valence-electron chi connectivity index (χ2n) is 7.99. The van der Waals surface area contributed by atoms with Gasteiger partial charge in [-0.2, -0.15) is 0 Å². The summed E-state index contributed by atoms with van der Waals surface area (Å²) in [6.07, 6.45) is 13.5. The Balaban J connectivity index is 1.66. The van der Waals surface area contributed by atoms with Gasteiger partial charge < -0.3 is 4.74 Å². The van der Waals surface area contributed by atoms with Crippen LogP contribution in [-0.4, -0.2) is 26.6 Å². The van der Waals surface area contributed by atoms with Crippen molar-refractivity contribution in [3.05, 3.63) is 70.7 Å². The van der Waals surface area contributed by atoms with E-state index in [1.165, 1.54) is 19.3 Å². The summed E-state index contributed by atoms with van der Waals surface area (Å²) in [4.78, 5) is 26.8. The zero-order valence-corrected chi connectivity index (χ0v) is 17.0. The fourth-order valence-electron chi connectivity index (χ4n) is 4.56. The smallest absolute Gasteiger partial charge is 0.261 e. The van der Waals surface area contributed by atoms with Gasteiger partial charge in [-0.05, 0) is 42.5 Å². The SMILES string of the molecule is COc1ccc(Cc2cc3c(=O)n(C4CCCCC4)cnc3c3ccncc23)cn1. The van der Waals surface area contributed by atoms with Gasteiger partial charge in [0.15, 0.2) is 0 Å². The van der Waals surface area contributed by atoms with E-state index >= 15 is 0 Å². The van der Waals surface area contributed by atoms with Gasteiger partial charge in [-0.1, -0.05) is 25.3 Å². The van der Waals surface area contributed by atoms with E-state index in [-0.39, 0.29) is 11.6 Å². The van der Waals surface area contributed by atoms with Gasteiger partial charge in [-0.15, -0.1) is 0 Å². The Morgan fingerprint density at radius 2 is 1.90 bits per heavy atom. The zero-order chi connectivity index (χ0) is 20.5. The summed E-state index contributed by atoms with van der Waals surface area (Å²) in [6.45, 7) is 0. The first-order valence-electron chi connectivity index (χ1n) is 10.5. The highest BCUT2D eigenvalue weighted by Crippen LogP contribution is 2.30. The molecule has 6 heteroatoms. The molecule has 0 bridgehead atoms. The van der Waals surface area contributed by atoms with E-state index in [9.17, 15) is 4.79 Å². The van der Waals surface area contributed by atoms with Crippen LogP contribution in [-0.2, 0) is 6.42 Å². The Kier molecular flexibility index (Phi) is 4.91. The van der Waals surface area contributed by atoms with Crippen molar-refractivity contribution in [3.8, 4) is 5.88 Å². The summed E-state index contributed by atoms with van der Waals surface area (Å²) in [5, 5.41) is 2.66. The molecule has 1 aromatic carbocycles. The topological polar surface area (TPSA) is 69.9 Å². The average Bonchev–Trinajstić information content (AvgIpc) is 2.81. The van der Waals surface area contributed by atoms with Gasteiger partial charge in [0.05, 0.1) is 24.3 Å². The minimum atomic E-state index is 0.0553. The Bertz CT molecular complexity index is 1260. The van der Waals surface area contributed by atoms with Crippen LogP contribution in [0.1, 0.15) is 49.3 Å². The molecule has 4 aromatic rings. The van der Waals surface area contributed by atoms with Crippen molar-refractivity contribution in [2.45, 2.75) is 44.6 Å². The molecule has 5 rings (SSSR count). The predicted molar refractivity (Wildman–Crippen MR) is 117 cm³/mol. The number of methoxy groups -OCH3 is 1. The van der Waals surface area contributed by atoms with E-state index in [4.69, 9.17) is 9.72 Å². The lowest BCUT2D eigenvalue weighted by Gasteiger charge is -2.24. The molecule has 3 heterocycles. The molecule has 0 saturated heterocycles.